The van der Waals surface area contributed by atoms with Crippen LogP contribution in [0.25, 0.3) is 0 Å². The van der Waals surface area contributed by atoms with Crippen molar-refractivity contribution in [2.24, 2.45) is 10.9 Å². The molecule has 0 atom stereocenters. The molecule has 0 radical (unpaired) electrons. The Balaban J connectivity index is 1.98. The van der Waals surface area contributed by atoms with E-state index in [2.05, 4.69) is 4.99 Å². The zero-order valence-electron chi connectivity index (χ0n) is 15.3. The summed E-state index contributed by atoms with van der Waals surface area (Å²) in [7, 11) is 3.50. The van der Waals surface area contributed by atoms with E-state index in [1.807, 2.05) is 52.1 Å². The summed E-state index contributed by atoms with van der Waals surface area (Å²) in [5.74, 6) is 1.20. The number of rotatable bonds is 3. The van der Waals surface area contributed by atoms with Gasteiger partial charge in [-0.05, 0) is 63.4 Å². The summed E-state index contributed by atoms with van der Waals surface area (Å²) >= 11 is 0. The highest BCUT2D eigenvalue weighted by Gasteiger charge is 2.29. The summed E-state index contributed by atoms with van der Waals surface area (Å²) in [5.41, 5.74) is 1.77. The van der Waals surface area contributed by atoms with Crippen molar-refractivity contribution in [3.63, 3.8) is 0 Å². The number of piperidine rings is 1. The molecule has 0 saturated carbocycles. The van der Waals surface area contributed by atoms with Crippen LogP contribution in [0.5, 0.6) is 5.75 Å². The Kier molecular flexibility index (Phi) is 5.86. The molecule has 24 heavy (non-hydrogen) atoms. The average molecular weight is 332 g/mol. The Morgan fingerprint density at radius 2 is 1.75 bits per heavy atom. The van der Waals surface area contributed by atoms with Crippen molar-refractivity contribution in [1.82, 2.24) is 4.90 Å². The van der Waals surface area contributed by atoms with E-state index in [0.29, 0.717) is 19.0 Å². The molecule has 1 heterocycles. The SMILES string of the molecule is CN=C(c1ccc(OC)cc1)C1CCN(C(=O)OC(C)(C)C)CC1. The van der Waals surface area contributed by atoms with Crippen molar-refractivity contribution < 1.29 is 14.3 Å². The first kappa shape index (κ1) is 18.3. The van der Waals surface area contributed by atoms with Crippen molar-refractivity contribution >= 4 is 11.8 Å². The maximum absolute atomic E-state index is 12.2. The minimum absolute atomic E-state index is 0.222. The van der Waals surface area contributed by atoms with Crippen LogP contribution < -0.4 is 4.74 Å². The molecule has 2 rings (SSSR count). The highest BCUT2D eigenvalue weighted by atomic mass is 16.6. The quantitative estimate of drug-likeness (QED) is 0.792. The van der Waals surface area contributed by atoms with E-state index in [4.69, 9.17) is 9.47 Å². The molecule has 5 nitrogen and oxygen atoms in total. The summed E-state index contributed by atoms with van der Waals surface area (Å²) in [6.07, 6.45) is 1.58. The predicted molar refractivity (Wildman–Crippen MR) is 96.0 cm³/mol. The summed E-state index contributed by atoms with van der Waals surface area (Å²) in [4.78, 5) is 18.5. The van der Waals surface area contributed by atoms with Crippen molar-refractivity contribution in [1.29, 1.82) is 0 Å². The smallest absolute Gasteiger partial charge is 0.410 e. The van der Waals surface area contributed by atoms with Crippen molar-refractivity contribution in [2.45, 2.75) is 39.2 Å². The minimum Gasteiger partial charge on any atom is -0.497 e. The van der Waals surface area contributed by atoms with Gasteiger partial charge in [0.05, 0.1) is 7.11 Å². The lowest BCUT2D eigenvalue weighted by atomic mass is 9.88. The molecule has 132 valence electrons. The highest BCUT2D eigenvalue weighted by Crippen LogP contribution is 2.25. The summed E-state index contributed by atoms with van der Waals surface area (Å²) in [6.45, 7) is 7.08. The molecule has 1 aromatic rings. The molecular weight excluding hydrogens is 304 g/mol. The van der Waals surface area contributed by atoms with Crippen LogP contribution in [-0.4, -0.2) is 49.6 Å². The van der Waals surface area contributed by atoms with Gasteiger partial charge in [-0.25, -0.2) is 4.79 Å². The van der Waals surface area contributed by atoms with Gasteiger partial charge in [0.15, 0.2) is 0 Å². The fourth-order valence-electron chi connectivity index (χ4n) is 2.97. The molecule has 0 N–H and O–H groups in total. The fourth-order valence-corrected chi connectivity index (χ4v) is 2.97. The Bertz CT molecular complexity index is 580. The number of likely N-dealkylation sites (tertiary alicyclic amines) is 1. The number of benzene rings is 1. The van der Waals surface area contributed by atoms with Gasteiger partial charge in [0, 0.05) is 31.8 Å². The van der Waals surface area contributed by atoms with E-state index in [-0.39, 0.29) is 6.09 Å². The second-order valence-electron chi connectivity index (χ2n) is 7.08. The monoisotopic (exact) mass is 332 g/mol. The van der Waals surface area contributed by atoms with E-state index in [1.54, 1.807) is 12.0 Å². The molecule has 1 aliphatic heterocycles. The summed E-state index contributed by atoms with van der Waals surface area (Å²) in [5, 5.41) is 0. The van der Waals surface area contributed by atoms with Crippen LogP contribution in [0.4, 0.5) is 4.79 Å². The first-order valence-corrected chi connectivity index (χ1v) is 8.43. The van der Waals surface area contributed by atoms with E-state index in [9.17, 15) is 4.79 Å². The van der Waals surface area contributed by atoms with Gasteiger partial charge in [-0.3, -0.25) is 4.99 Å². The third-order valence-corrected chi connectivity index (χ3v) is 4.16. The van der Waals surface area contributed by atoms with Crippen molar-refractivity contribution in [3.05, 3.63) is 29.8 Å². The van der Waals surface area contributed by atoms with Gasteiger partial charge in [-0.15, -0.1) is 0 Å². The lowest BCUT2D eigenvalue weighted by Gasteiger charge is -2.34. The number of carbonyl (C=O) groups excluding carboxylic acids is 1. The fraction of sp³-hybridized carbons (Fsp3) is 0.579. The normalized spacial score (nSPS) is 16.9. The second-order valence-corrected chi connectivity index (χ2v) is 7.08. The number of nitrogens with zero attached hydrogens (tertiary/aromatic N) is 2. The first-order chi connectivity index (χ1) is 11.3. The lowest BCUT2D eigenvalue weighted by Crippen LogP contribution is -2.43. The molecule has 0 spiro atoms. The Morgan fingerprint density at radius 3 is 2.21 bits per heavy atom. The highest BCUT2D eigenvalue weighted by molar-refractivity contribution is 6.02. The number of hydrogen-bond acceptors (Lipinski definition) is 4. The molecule has 1 aromatic carbocycles. The van der Waals surface area contributed by atoms with E-state index in [1.165, 1.54) is 0 Å². The molecule has 0 aromatic heterocycles. The van der Waals surface area contributed by atoms with Gasteiger partial charge in [0.1, 0.15) is 11.4 Å². The number of methoxy groups -OCH3 is 1. The Morgan fingerprint density at radius 1 is 1.17 bits per heavy atom. The number of hydrogen-bond donors (Lipinski definition) is 0. The van der Waals surface area contributed by atoms with Crippen molar-refractivity contribution in [3.8, 4) is 5.75 Å². The molecule has 0 aliphatic carbocycles. The number of aliphatic imine (C=N–C) groups is 1. The molecule has 1 aliphatic rings. The number of amides is 1. The average Bonchev–Trinajstić information content (AvgIpc) is 2.55. The molecular formula is C19H28N2O3. The number of ether oxygens (including phenoxy) is 2. The van der Waals surface area contributed by atoms with Gasteiger partial charge in [-0.1, -0.05) is 0 Å². The minimum atomic E-state index is -0.451. The zero-order valence-corrected chi connectivity index (χ0v) is 15.3. The van der Waals surface area contributed by atoms with E-state index >= 15 is 0 Å². The van der Waals surface area contributed by atoms with Crippen LogP contribution in [-0.2, 0) is 4.74 Å². The lowest BCUT2D eigenvalue weighted by molar-refractivity contribution is 0.0202. The van der Waals surface area contributed by atoms with E-state index < -0.39 is 5.60 Å². The van der Waals surface area contributed by atoms with Crippen molar-refractivity contribution in [2.75, 3.05) is 27.2 Å². The van der Waals surface area contributed by atoms with Crippen LogP contribution in [0.3, 0.4) is 0 Å². The maximum atomic E-state index is 12.2. The van der Waals surface area contributed by atoms with Gasteiger partial charge < -0.3 is 14.4 Å². The van der Waals surface area contributed by atoms with Crippen LogP contribution >= 0.6 is 0 Å². The zero-order chi connectivity index (χ0) is 17.7. The molecule has 0 unspecified atom stereocenters. The summed E-state index contributed by atoms with van der Waals surface area (Å²) < 4.78 is 10.7. The van der Waals surface area contributed by atoms with Crippen LogP contribution in [0.15, 0.2) is 29.3 Å². The summed E-state index contributed by atoms with van der Waals surface area (Å²) in [6, 6.07) is 8.00. The van der Waals surface area contributed by atoms with Crippen LogP contribution in [0.2, 0.25) is 0 Å². The van der Waals surface area contributed by atoms with Gasteiger partial charge in [0.25, 0.3) is 0 Å². The molecule has 1 amide bonds. The Hall–Kier alpha value is -2.04. The Labute approximate surface area is 144 Å². The van der Waals surface area contributed by atoms with Crippen LogP contribution in [0.1, 0.15) is 39.2 Å². The molecule has 1 fully saturated rings. The van der Waals surface area contributed by atoms with Gasteiger partial charge in [-0.2, -0.15) is 0 Å². The first-order valence-electron chi connectivity index (χ1n) is 8.43. The van der Waals surface area contributed by atoms with E-state index in [0.717, 1.165) is 29.9 Å². The third-order valence-electron chi connectivity index (χ3n) is 4.16. The second kappa shape index (κ2) is 7.69. The predicted octanol–water partition coefficient (Wildman–Crippen LogP) is 3.76. The maximum Gasteiger partial charge on any atom is 0.410 e. The molecule has 5 heteroatoms. The largest absolute Gasteiger partial charge is 0.497 e. The van der Waals surface area contributed by atoms with Gasteiger partial charge in [0.2, 0.25) is 0 Å². The molecule has 1 saturated heterocycles. The number of carbonyl (C=O) groups is 1. The van der Waals surface area contributed by atoms with Crippen LogP contribution in [0, 0.1) is 5.92 Å². The topological polar surface area (TPSA) is 51.1 Å². The van der Waals surface area contributed by atoms with Gasteiger partial charge >= 0.3 is 6.09 Å². The third kappa shape index (κ3) is 4.73. The standard InChI is InChI=1S/C19H28N2O3/c1-19(2,3)24-18(22)21-12-10-15(11-13-21)17(20-4)14-6-8-16(23-5)9-7-14/h6-9,15H,10-13H2,1-5H3. The molecule has 0 bridgehead atoms.